The molecule has 0 spiro atoms. The second kappa shape index (κ2) is 7.77. The summed E-state index contributed by atoms with van der Waals surface area (Å²) in [4.78, 5) is 19.7. The maximum Gasteiger partial charge on any atom is 0.292 e. The molecule has 3 aromatic rings. The highest BCUT2D eigenvalue weighted by Gasteiger charge is 2.24. The van der Waals surface area contributed by atoms with E-state index in [1.165, 1.54) is 0 Å². The molecule has 0 N–H and O–H groups in total. The molecular formula is C20H21N5O3. The van der Waals surface area contributed by atoms with Crippen LogP contribution in [0, 0.1) is 17.0 Å². The highest BCUT2D eigenvalue weighted by Crippen LogP contribution is 2.28. The molecular weight excluding hydrogens is 358 g/mol. The molecule has 2 heterocycles. The van der Waals surface area contributed by atoms with E-state index in [4.69, 9.17) is 4.52 Å². The fourth-order valence-corrected chi connectivity index (χ4v) is 3.48. The van der Waals surface area contributed by atoms with Crippen molar-refractivity contribution in [2.24, 2.45) is 0 Å². The molecule has 0 amide bonds. The van der Waals surface area contributed by atoms with Gasteiger partial charge in [-0.2, -0.15) is 4.98 Å². The van der Waals surface area contributed by atoms with E-state index in [0.717, 1.165) is 24.2 Å². The Morgan fingerprint density at radius 1 is 1.07 bits per heavy atom. The Balaban J connectivity index is 1.39. The summed E-state index contributed by atoms with van der Waals surface area (Å²) in [7, 11) is 0. The van der Waals surface area contributed by atoms with Crippen molar-refractivity contribution in [3.05, 3.63) is 70.1 Å². The van der Waals surface area contributed by atoms with Gasteiger partial charge in [-0.1, -0.05) is 41.6 Å². The normalized spacial score (nSPS) is 15.0. The van der Waals surface area contributed by atoms with Crippen molar-refractivity contribution in [1.29, 1.82) is 0 Å². The van der Waals surface area contributed by atoms with E-state index in [1.54, 1.807) is 18.2 Å². The lowest BCUT2D eigenvalue weighted by Gasteiger charge is -2.35. The number of nitro benzene ring substituents is 1. The van der Waals surface area contributed by atoms with Gasteiger partial charge in [-0.05, 0) is 18.6 Å². The van der Waals surface area contributed by atoms with Crippen molar-refractivity contribution in [3.8, 4) is 11.4 Å². The van der Waals surface area contributed by atoms with Gasteiger partial charge in [0.1, 0.15) is 5.69 Å². The Bertz CT molecular complexity index is 979. The number of anilines is 1. The summed E-state index contributed by atoms with van der Waals surface area (Å²) in [6.07, 6.45) is 0. The van der Waals surface area contributed by atoms with Crippen molar-refractivity contribution < 1.29 is 9.45 Å². The predicted octanol–water partition coefficient (Wildman–Crippen LogP) is 3.28. The van der Waals surface area contributed by atoms with Crippen LogP contribution in [0.25, 0.3) is 11.4 Å². The summed E-state index contributed by atoms with van der Waals surface area (Å²) in [6, 6.07) is 14.8. The molecule has 1 fully saturated rings. The number of hydrogen-bond acceptors (Lipinski definition) is 7. The largest absolute Gasteiger partial charge is 0.363 e. The molecule has 8 heteroatoms. The number of aryl methyl sites for hydroxylation is 1. The fourth-order valence-electron chi connectivity index (χ4n) is 3.48. The Morgan fingerprint density at radius 2 is 1.79 bits per heavy atom. The number of nitro groups is 1. The number of para-hydroxylation sites is 2. The third-order valence-electron chi connectivity index (χ3n) is 5.00. The third kappa shape index (κ3) is 3.72. The molecule has 0 unspecified atom stereocenters. The van der Waals surface area contributed by atoms with E-state index >= 15 is 0 Å². The number of nitrogens with zero attached hydrogens (tertiary/aromatic N) is 5. The van der Waals surface area contributed by atoms with Crippen molar-refractivity contribution >= 4 is 11.4 Å². The zero-order valence-corrected chi connectivity index (χ0v) is 15.6. The van der Waals surface area contributed by atoms with Gasteiger partial charge in [0.25, 0.3) is 5.69 Å². The SMILES string of the molecule is Cc1ccccc1-c1noc(CN2CCN(c3ccccc3[N+](=O)[O-])CC2)n1. The summed E-state index contributed by atoms with van der Waals surface area (Å²) in [5, 5.41) is 15.4. The Labute approximate surface area is 162 Å². The topological polar surface area (TPSA) is 88.5 Å². The van der Waals surface area contributed by atoms with Gasteiger partial charge in [-0.15, -0.1) is 0 Å². The molecule has 2 aromatic carbocycles. The van der Waals surface area contributed by atoms with Crippen LogP contribution in [0.3, 0.4) is 0 Å². The second-order valence-electron chi connectivity index (χ2n) is 6.84. The second-order valence-corrected chi connectivity index (χ2v) is 6.84. The number of piperazine rings is 1. The van der Waals surface area contributed by atoms with Gasteiger partial charge < -0.3 is 9.42 Å². The van der Waals surface area contributed by atoms with Gasteiger partial charge in [0.2, 0.25) is 11.7 Å². The number of benzene rings is 2. The van der Waals surface area contributed by atoms with Crippen LogP contribution >= 0.6 is 0 Å². The van der Waals surface area contributed by atoms with Gasteiger partial charge >= 0.3 is 0 Å². The van der Waals surface area contributed by atoms with Crippen molar-refractivity contribution in [2.75, 3.05) is 31.1 Å². The minimum absolute atomic E-state index is 0.149. The van der Waals surface area contributed by atoms with Crippen LogP contribution in [0.1, 0.15) is 11.5 Å². The summed E-state index contributed by atoms with van der Waals surface area (Å²) >= 11 is 0. The number of hydrogen-bond donors (Lipinski definition) is 0. The first kappa shape index (κ1) is 18.1. The van der Waals surface area contributed by atoms with Crippen LogP contribution in [-0.4, -0.2) is 46.1 Å². The lowest BCUT2D eigenvalue weighted by molar-refractivity contribution is -0.384. The zero-order valence-electron chi connectivity index (χ0n) is 15.6. The Morgan fingerprint density at radius 3 is 2.54 bits per heavy atom. The minimum Gasteiger partial charge on any atom is -0.363 e. The first-order chi connectivity index (χ1) is 13.6. The van der Waals surface area contributed by atoms with Crippen LogP contribution in [0.15, 0.2) is 53.1 Å². The molecule has 0 aliphatic carbocycles. The summed E-state index contributed by atoms with van der Waals surface area (Å²) in [5.41, 5.74) is 2.90. The van der Waals surface area contributed by atoms with E-state index in [1.807, 2.05) is 37.3 Å². The van der Waals surface area contributed by atoms with E-state index in [0.29, 0.717) is 37.0 Å². The molecule has 0 radical (unpaired) electrons. The molecule has 1 aliphatic heterocycles. The van der Waals surface area contributed by atoms with Crippen LogP contribution in [0.4, 0.5) is 11.4 Å². The lowest BCUT2D eigenvalue weighted by Crippen LogP contribution is -2.46. The smallest absolute Gasteiger partial charge is 0.292 e. The highest BCUT2D eigenvalue weighted by molar-refractivity contribution is 5.63. The summed E-state index contributed by atoms with van der Waals surface area (Å²) < 4.78 is 5.43. The van der Waals surface area contributed by atoms with E-state index in [-0.39, 0.29) is 10.6 Å². The molecule has 1 aromatic heterocycles. The van der Waals surface area contributed by atoms with Crippen molar-refractivity contribution in [1.82, 2.24) is 15.0 Å². The fraction of sp³-hybridized carbons (Fsp3) is 0.300. The molecule has 0 bridgehead atoms. The molecule has 28 heavy (non-hydrogen) atoms. The maximum absolute atomic E-state index is 11.3. The lowest BCUT2D eigenvalue weighted by atomic mass is 10.1. The zero-order chi connectivity index (χ0) is 19.5. The molecule has 0 saturated carbocycles. The average molecular weight is 379 g/mol. The monoisotopic (exact) mass is 379 g/mol. The van der Waals surface area contributed by atoms with E-state index < -0.39 is 0 Å². The molecule has 4 rings (SSSR count). The van der Waals surface area contributed by atoms with E-state index in [2.05, 4.69) is 19.9 Å². The molecule has 8 nitrogen and oxygen atoms in total. The van der Waals surface area contributed by atoms with Crippen LogP contribution in [-0.2, 0) is 6.54 Å². The van der Waals surface area contributed by atoms with E-state index in [9.17, 15) is 10.1 Å². The Kier molecular flexibility index (Phi) is 5.03. The maximum atomic E-state index is 11.3. The van der Waals surface area contributed by atoms with Gasteiger partial charge in [-0.3, -0.25) is 15.0 Å². The first-order valence-electron chi connectivity index (χ1n) is 9.21. The molecule has 144 valence electrons. The Hall–Kier alpha value is -3.26. The number of aromatic nitrogens is 2. The molecule has 0 atom stereocenters. The van der Waals surface area contributed by atoms with Gasteiger partial charge in [0, 0.05) is 37.8 Å². The number of rotatable bonds is 5. The predicted molar refractivity (Wildman–Crippen MR) is 105 cm³/mol. The van der Waals surface area contributed by atoms with Crippen LogP contribution in [0.5, 0.6) is 0 Å². The standard InChI is InChI=1S/C20H21N5O3/c1-15-6-2-3-7-16(15)20-21-19(28-22-20)14-23-10-12-24(13-11-23)17-8-4-5-9-18(17)25(26)27/h2-9H,10-14H2,1H3. The average Bonchev–Trinajstić information content (AvgIpc) is 3.17. The van der Waals surface area contributed by atoms with Gasteiger partial charge in [0.05, 0.1) is 11.5 Å². The highest BCUT2D eigenvalue weighted by atomic mass is 16.6. The van der Waals surface area contributed by atoms with Gasteiger partial charge in [-0.25, -0.2) is 0 Å². The summed E-state index contributed by atoms with van der Waals surface area (Å²) in [6.45, 7) is 5.56. The molecule has 1 saturated heterocycles. The first-order valence-corrected chi connectivity index (χ1v) is 9.21. The third-order valence-corrected chi connectivity index (χ3v) is 5.00. The van der Waals surface area contributed by atoms with Crippen molar-refractivity contribution in [2.45, 2.75) is 13.5 Å². The molecule has 1 aliphatic rings. The summed E-state index contributed by atoms with van der Waals surface area (Å²) in [5.74, 6) is 1.18. The van der Waals surface area contributed by atoms with Crippen molar-refractivity contribution in [3.63, 3.8) is 0 Å². The van der Waals surface area contributed by atoms with Gasteiger partial charge in [0.15, 0.2) is 0 Å². The van der Waals surface area contributed by atoms with Crippen LogP contribution < -0.4 is 4.90 Å². The van der Waals surface area contributed by atoms with Crippen LogP contribution in [0.2, 0.25) is 0 Å². The quantitative estimate of drug-likeness (QED) is 0.496. The minimum atomic E-state index is -0.326.